The van der Waals surface area contributed by atoms with Crippen LogP contribution in [0.1, 0.15) is 44.3 Å². The van der Waals surface area contributed by atoms with E-state index in [2.05, 4.69) is 21.0 Å². The van der Waals surface area contributed by atoms with Crippen molar-refractivity contribution in [2.45, 2.75) is 50.8 Å². The van der Waals surface area contributed by atoms with Crippen LogP contribution in [-0.2, 0) is 16.0 Å². The van der Waals surface area contributed by atoms with Gasteiger partial charge in [-0.05, 0) is 35.7 Å². The lowest BCUT2D eigenvalue weighted by molar-refractivity contribution is -0.0556. The summed E-state index contributed by atoms with van der Waals surface area (Å²) in [5.74, 6) is 0. The van der Waals surface area contributed by atoms with Crippen molar-refractivity contribution in [3.05, 3.63) is 16.4 Å². The summed E-state index contributed by atoms with van der Waals surface area (Å²) >= 11 is 3.57. The monoisotopic (exact) mass is 345 g/mol. The van der Waals surface area contributed by atoms with Gasteiger partial charge < -0.3 is 15.2 Å². The van der Waals surface area contributed by atoms with Gasteiger partial charge in [0.05, 0.1) is 41.2 Å². The summed E-state index contributed by atoms with van der Waals surface area (Å²) in [6, 6.07) is -0.168. The lowest BCUT2D eigenvalue weighted by Crippen LogP contribution is -2.42. The Morgan fingerprint density at radius 1 is 1.50 bits per heavy atom. The predicted molar refractivity (Wildman–Crippen MR) is 81.6 cm³/mol. The molecule has 1 unspecified atom stereocenters. The van der Waals surface area contributed by atoms with Crippen LogP contribution >= 0.6 is 15.9 Å². The van der Waals surface area contributed by atoms with Gasteiger partial charge in [0.25, 0.3) is 0 Å². The summed E-state index contributed by atoms with van der Waals surface area (Å²) < 4.78 is 14.1. The molecule has 6 heteroatoms. The second kappa shape index (κ2) is 7.02. The molecule has 1 fully saturated rings. The van der Waals surface area contributed by atoms with Crippen LogP contribution in [0.2, 0.25) is 0 Å². The Hall–Kier alpha value is -0.430. The van der Waals surface area contributed by atoms with Crippen molar-refractivity contribution in [2.24, 2.45) is 5.73 Å². The molecule has 1 aromatic rings. The minimum Gasteiger partial charge on any atom is -0.383 e. The van der Waals surface area contributed by atoms with E-state index >= 15 is 0 Å². The van der Waals surface area contributed by atoms with Crippen molar-refractivity contribution in [1.29, 1.82) is 0 Å². The first-order valence-electron chi connectivity index (χ1n) is 7.24. The Morgan fingerprint density at radius 2 is 2.20 bits per heavy atom. The summed E-state index contributed by atoms with van der Waals surface area (Å²) in [5, 5.41) is 4.39. The molecule has 1 aromatic heterocycles. The molecular weight excluding hydrogens is 322 g/mol. The van der Waals surface area contributed by atoms with Gasteiger partial charge in [0.15, 0.2) is 0 Å². The zero-order valence-electron chi connectivity index (χ0n) is 12.3. The molecule has 1 aliphatic carbocycles. The molecule has 0 bridgehead atoms. The van der Waals surface area contributed by atoms with Gasteiger partial charge in [0, 0.05) is 13.7 Å². The lowest BCUT2D eigenvalue weighted by atomic mass is 9.90. The van der Waals surface area contributed by atoms with E-state index < -0.39 is 0 Å². The Morgan fingerprint density at radius 3 is 2.80 bits per heavy atom. The average Bonchev–Trinajstić information content (AvgIpc) is 3.04. The van der Waals surface area contributed by atoms with E-state index in [4.69, 9.17) is 15.2 Å². The minimum absolute atomic E-state index is 0.168. The van der Waals surface area contributed by atoms with Crippen molar-refractivity contribution in [3.8, 4) is 0 Å². The normalized spacial score (nSPS) is 19.4. The number of methoxy groups -OCH3 is 1. The van der Waals surface area contributed by atoms with Crippen molar-refractivity contribution >= 4 is 15.9 Å². The maximum absolute atomic E-state index is 6.58. The third-order valence-electron chi connectivity index (χ3n) is 4.08. The highest BCUT2D eigenvalue weighted by Crippen LogP contribution is 2.43. The molecule has 0 radical (unpaired) electrons. The van der Waals surface area contributed by atoms with E-state index in [0.29, 0.717) is 19.8 Å². The molecule has 114 valence electrons. The smallest absolute Gasteiger partial charge is 0.0889 e. The average molecular weight is 346 g/mol. The molecule has 0 aromatic carbocycles. The second-order valence-corrected chi connectivity index (χ2v) is 6.13. The highest BCUT2D eigenvalue weighted by atomic mass is 79.9. The first kappa shape index (κ1) is 15.9. The van der Waals surface area contributed by atoms with Gasteiger partial charge in [0.2, 0.25) is 0 Å². The number of nitrogens with zero attached hydrogens (tertiary/aromatic N) is 2. The number of halogens is 1. The van der Waals surface area contributed by atoms with Crippen molar-refractivity contribution < 1.29 is 9.47 Å². The fourth-order valence-corrected chi connectivity index (χ4v) is 3.64. The number of hydrogen-bond donors (Lipinski definition) is 1. The molecule has 20 heavy (non-hydrogen) atoms. The minimum atomic E-state index is -0.248. The Bertz CT molecular complexity index is 430. The van der Waals surface area contributed by atoms with Crippen LogP contribution in [0.3, 0.4) is 0 Å². The number of hydrogen-bond acceptors (Lipinski definition) is 4. The standard InChI is InChI=1S/C14H24BrN3O2/c1-3-20-14(6-4-5-7-14)13(16)12-11(15)10-17-18(12)8-9-19-2/h10,13H,3-9,16H2,1-2H3. The molecule has 1 aliphatic rings. The molecule has 0 saturated heterocycles. The lowest BCUT2D eigenvalue weighted by Gasteiger charge is -2.35. The van der Waals surface area contributed by atoms with Gasteiger partial charge in [-0.3, -0.25) is 4.68 Å². The fraction of sp³-hybridized carbons (Fsp3) is 0.786. The zero-order valence-corrected chi connectivity index (χ0v) is 13.9. The SMILES string of the molecule is CCOC1(C(N)c2c(Br)cnn2CCOC)CCCC1. The van der Waals surface area contributed by atoms with E-state index in [0.717, 1.165) is 23.0 Å². The summed E-state index contributed by atoms with van der Waals surface area (Å²) in [6.45, 7) is 4.05. The van der Waals surface area contributed by atoms with Gasteiger partial charge >= 0.3 is 0 Å². The molecule has 2 N–H and O–H groups in total. The first-order valence-corrected chi connectivity index (χ1v) is 8.03. The Balaban J connectivity index is 2.26. The molecule has 1 heterocycles. The van der Waals surface area contributed by atoms with Gasteiger partial charge in [-0.25, -0.2) is 0 Å². The van der Waals surface area contributed by atoms with Gasteiger partial charge in [-0.15, -0.1) is 0 Å². The van der Waals surface area contributed by atoms with Crippen LogP contribution < -0.4 is 5.73 Å². The quantitative estimate of drug-likeness (QED) is 0.825. The third kappa shape index (κ3) is 3.08. The predicted octanol–water partition coefficient (Wildman–Crippen LogP) is 2.64. The summed E-state index contributed by atoms with van der Waals surface area (Å²) in [7, 11) is 1.69. The van der Waals surface area contributed by atoms with E-state index in [9.17, 15) is 0 Å². The molecule has 5 nitrogen and oxygen atoms in total. The number of nitrogens with two attached hydrogens (primary N) is 1. The molecule has 0 amide bonds. The van der Waals surface area contributed by atoms with Crippen LogP contribution in [0.25, 0.3) is 0 Å². The molecule has 0 spiro atoms. The summed E-state index contributed by atoms with van der Waals surface area (Å²) in [5.41, 5.74) is 7.35. The van der Waals surface area contributed by atoms with Crippen LogP contribution in [0.5, 0.6) is 0 Å². The highest BCUT2D eigenvalue weighted by molar-refractivity contribution is 9.10. The number of rotatable bonds is 7. The molecule has 2 rings (SSSR count). The Labute approximate surface area is 128 Å². The van der Waals surface area contributed by atoms with Gasteiger partial charge in [0.1, 0.15) is 0 Å². The Kier molecular flexibility index (Phi) is 5.60. The van der Waals surface area contributed by atoms with Gasteiger partial charge in [-0.1, -0.05) is 12.8 Å². The van der Waals surface area contributed by atoms with Crippen molar-refractivity contribution in [2.75, 3.05) is 20.3 Å². The highest BCUT2D eigenvalue weighted by Gasteiger charge is 2.43. The van der Waals surface area contributed by atoms with Crippen LogP contribution in [0.15, 0.2) is 10.7 Å². The van der Waals surface area contributed by atoms with Crippen LogP contribution in [-0.4, -0.2) is 35.7 Å². The molecular formula is C14H24BrN3O2. The van der Waals surface area contributed by atoms with Crippen LogP contribution in [0.4, 0.5) is 0 Å². The molecule has 1 saturated carbocycles. The second-order valence-electron chi connectivity index (χ2n) is 5.28. The maximum Gasteiger partial charge on any atom is 0.0889 e. The summed E-state index contributed by atoms with van der Waals surface area (Å²) in [4.78, 5) is 0. The first-order chi connectivity index (χ1) is 9.64. The zero-order chi connectivity index (χ0) is 14.6. The van der Waals surface area contributed by atoms with E-state index in [1.165, 1.54) is 12.8 Å². The topological polar surface area (TPSA) is 62.3 Å². The van der Waals surface area contributed by atoms with E-state index in [-0.39, 0.29) is 11.6 Å². The van der Waals surface area contributed by atoms with Gasteiger partial charge in [-0.2, -0.15) is 5.10 Å². The van der Waals surface area contributed by atoms with Crippen molar-refractivity contribution in [1.82, 2.24) is 9.78 Å². The summed E-state index contributed by atoms with van der Waals surface area (Å²) in [6.07, 6.45) is 6.20. The third-order valence-corrected chi connectivity index (χ3v) is 4.69. The fourth-order valence-electron chi connectivity index (χ4n) is 3.09. The number of aromatic nitrogens is 2. The van der Waals surface area contributed by atoms with E-state index in [1.807, 2.05) is 11.6 Å². The number of ether oxygens (including phenoxy) is 2. The van der Waals surface area contributed by atoms with Crippen LogP contribution in [0, 0.1) is 0 Å². The molecule has 0 aliphatic heterocycles. The molecule has 1 atom stereocenters. The van der Waals surface area contributed by atoms with Crippen molar-refractivity contribution in [3.63, 3.8) is 0 Å². The largest absolute Gasteiger partial charge is 0.383 e. The van der Waals surface area contributed by atoms with E-state index in [1.54, 1.807) is 13.3 Å². The maximum atomic E-state index is 6.58.